The van der Waals surface area contributed by atoms with Crippen LogP contribution >= 0.6 is 0 Å². The summed E-state index contributed by atoms with van der Waals surface area (Å²) >= 11 is 0. The maximum Gasteiger partial charge on any atom is 0.220 e. The molecule has 1 saturated heterocycles. The van der Waals surface area contributed by atoms with E-state index < -0.39 is 0 Å². The van der Waals surface area contributed by atoms with Gasteiger partial charge in [-0.25, -0.2) is 0 Å². The van der Waals surface area contributed by atoms with Crippen LogP contribution in [0.15, 0.2) is 0 Å². The van der Waals surface area contributed by atoms with Crippen molar-refractivity contribution in [3.8, 4) is 0 Å². The van der Waals surface area contributed by atoms with Crippen LogP contribution < -0.4 is 10.6 Å². The van der Waals surface area contributed by atoms with Crippen molar-refractivity contribution in [2.75, 3.05) is 26.8 Å². The number of ether oxygens (including phenoxy) is 1. The van der Waals surface area contributed by atoms with Gasteiger partial charge in [0.2, 0.25) is 5.91 Å². The first kappa shape index (κ1) is 11.5. The quantitative estimate of drug-likeness (QED) is 0.663. The van der Waals surface area contributed by atoms with E-state index in [1.54, 1.807) is 7.11 Å². The molecule has 14 heavy (non-hydrogen) atoms. The Morgan fingerprint density at radius 2 is 2.21 bits per heavy atom. The molecule has 1 heterocycles. The zero-order valence-electron chi connectivity index (χ0n) is 9.22. The van der Waals surface area contributed by atoms with Gasteiger partial charge in [0.1, 0.15) is 0 Å². The van der Waals surface area contributed by atoms with Crippen LogP contribution in [0.4, 0.5) is 0 Å². The fourth-order valence-electron chi connectivity index (χ4n) is 1.58. The molecule has 4 heteroatoms. The van der Waals surface area contributed by atoms with Crippen LogP contribution in [0.2, 0.25) is 0 Å². The first-order valence-corrected chi connectivity index (χ1v) is 5.04. The lowest BCUT2D eigenvalue weighted by Gasteiger charge is -2.30. The van der Waals surface area contributed by atoms with Crippen molar-refractivity contribution in [1.29, 1.82) is 0 Å². The summed E-state index contributed by atoms with van der Waals surface area (Å²) in [6.45, 7) is 6.42. The van der Waals surface area contributed by atoms with Gasteiger partial charge in [-0.3, -0.25) is 4.79 Å². The third kappa shape index (κ3) is 3.64. The van der Waals surface area contributed by atoms with Gasteiger partial charge in [-0.1, -0.05) is 0 Å². The molecular weight excluding hydrogens is 180 g/mol. The van der Waals surface area contributed by atoms with Gasteiger partial charge < -0.3 is 15.4 Å². The molecule has 1 rings (SSSR count). The lowest BCUT2D eigenvalue weighted by molar-refractivity contribution is -0.124. The minimum Gasteiger partial charge on any atom is -0.382 e. The van der Waals surface area contributed by atoms with Crippen LogP contribution in [0.3, 0.4) is 0 Å². The lowest BCUT2D eigenvalue weighted by Crippen LogP contribution is -2.50. The minimum absolute atomic E-state index is 0.124. The Hall–Kier alpha value is -0.610. The number of carbonyl (C=O) groups is 1. The maximum absolute atomic E-state index is 11.5. The standard InChI is InChI=1S/C10H20N2O2/c1-10(2,7-14-3)12-9(13)4-8-5-11-6-8/h8,11H,4-7H2,1-3H3,(H,12,13). The molecule has 0 aromatic rings. The van der Waals surface area contributed by atoms with E-state index in [1.165, 1.54) is 0 Å². The number of amides is 1. The molecule has 0 unspecified atom stereocenters. The predicted octanol–water partition coefficient (Wildman–Crippen LogP) is 0.137. The smallest absolute Gasteiger partial charge is 0.220 e. The maximum atomic E-state index is 11.5. The summed E-state index contributed by atoms with van der Waals surface area (Å²) in [6.07, 6.45) is 0.625. The van der Waals surface area contributed by atoms with Gasteiger partial charge >= 0.3 is 0 Å². The molecule has 1 aliphatic rings. The average Bonchev–Trinajstić information content (AvgIpc) is 1.95. The molecule has 0 bridgehead atoms. The minimum atomic E-state index is -0.261. The summed E-state index contributed by atoms with van der Waals surface area (Å²) in [5.74, 6) is 0.645. The molecule has 0 aromatic heterocycles. The van der Waals surface area contributed by atoms with Crippen molar-refractivity contribution >= 4 is 5.91 Å². The Morgan fingerprint density at radius 1 is 1.57 bits per heavy atom. The van der Waals surface area contributed by atoms with E-state index in [1.807, 2.05) is 13.8 Å². The van der Waals surface area contributed by atoms with E-state index >= 15 is 0 Å². The molecule has 4 nitrogen and oxygen atoms in total. The Bertz CT molecular complexity index is 200. The highest BCUT2D eigenvalue weighted by molar-refractivity contribution is 5.77. The second-order valence-electron chi connectivity index (χ2n) is 4.59. The molecule has 0 saturated carbocycles. The molecule has 2 N–H and O–H groups in total. The van der Waals surface area contributed by atoms with Crippen LogP contribution in [-0.4, -0.2) is 38.3 Å². The molecule has 1 aliphatic heterocycles. The number of nitrogens with one attached hydrogen (secondary N) is 2. The highest BCUT2D eigenvalue weighted by Gasteiger charge is 2.24. The van der Waals surface area contributed by atoms with E-state index in [0.29, 0.717) is 18.9 Å². The van der Waals surface area contributed by atoms with Crippen molar-refractivity contribution in [2.24, 2.45) is 5.92 Å². The van der Waals surface area contributed by atoms with Crippen molar-refractivity contribution in [1.82, 2.24) is 10.6 Å². The first-order chi connectivity index (χ1) is 6.53. The molecule has 1 amide bonds. The molecule has 0 aromatic carbocycles. The second kappa shape index (κ2) is 4.75. The van der Waals surface area contributed by atoms with Crippen LogP contribution in [-0.2, 0) is 9.53 Å². The fraction of sp³-hybridized carbons (Fsp3) is 0.900. The third-order valence-corrected chi connectivity index (χ3v) is 2.32. The summed E-state index contributed by atoms with van der Waals surface area (Å²) in [5, 5.41) is 6.11. The molecule has 0 spiro atoms. The molecular formula is C10H20N2O2. The summed E-state index contributed by atoms with van der Waals surface area (Å²) in [4.78, 5) is 11.5. The molecule has 82 valence electrons. The average molecular weight is 200 g/mol. The van der Waals surface area contributed by atoms with E-state index in [4.69, 9.17) is 4.74 Å². The highest BCUT2D eigenvalue weighted by Crippen LogP contribution is 2.10. The molecule has 0 atom stereocenters. The first-order valence-electron chi connectivity index (χ1n) is 5.04. The Kier molecular flexibility index (Phi) is 3.89. The van der Waals surface area contributed by atoms with E-state index in [9.17, 15) is 4.79 Å². The van der Waals surface area contributed by atoms with Crippen molar-refractivity contribution in [3.63, 3.8) is 0 Å². The fourth-order valence-corrected chi connectivity index (χ4v) is 1.58. The van der Waals surface area contributed by atoms with Crippen molar-refractivity contribution < 1.29 is 9.53 Å². The van der Waals surface area contributed by atoms with E-state index in [0.717, 1.165) is 13.1 Å². The number of hydrogen-bond donors (Lipinski definition) is 2. The van der Waals surface area contributed by atoms with Crippen molar-refractivity contribution in [2.45, 2.75) is 25.8 Å². The lowest BCUT2D eigenvalue weighted by atomic mass is 9.98. The predicted molar refractivity (Wildman–Crippen MR) is 55.1 cm³/mol. The Balaban J connectivity index is 2.23. The summed E-state index contributed by atoms with van der Waals surface area (Å²) in [5.41, 5.74) is -0.261. The van der Waals surface area contributed by atoms with Gasteiger partial charge in [0, 0.05) is 13.5 Å². The molecule has 0 radical (unpaired) electrons. The van der Waals surface area contributed by atoms with Gasteiger partial charge in [0.05, 0.1) is 12.1 Å². The Labute approximate surface area is 85.4 Å². The summed E-state index contributed by atoms with van der Waals surface area (Å²) in [6, 6.07) is 0. The van der Waals surface area contributed by atoms with Crippen LogP contribution in [0, 0.1) is 5.92 Å². The highest BCUT2D eigenvalue weighted by atomic mass is 16.5. The monoisotopic (exact) mass is 200 g/mol. The van der Waals surface area contributed by atoms with Gasteiger partial charge in [-0.15, -0.1) is 0 Å². The number of hydrogen-bond acceptors (Lipinski definition) is 3. The topological polar surface area (TPSA) is 50.4 Å². The van der Waals surface area contributed by atoms with E-state index in [-0.39, 0.29) is 11.4 Å². The zero-order chi connectivity index (χ0) is 10.6. The van der Waals surface area contributed by atoms with Crippen LogP contribution in [0.1, 0.15) is 20.3 Å². The van der Waals surface area contributed by atoms with Gasteiger partial charge in [0.15, 0.2) is 0 Å². The summed E-state index contributed by atoms with van der Waals surface area (Å²) in [7, 11) is 1.64. The van der Waals surface area contributed by atoms with Crippen molar-refractivity contribution in [3.05, 3.63) is 0 Å². The van der Waals surface area contributed by atoms with Crippen LogP contribution in [0.25, 0.3) is 0 Å². The van der Waals surface area contributed by atoms with Crippen LogP contribution in [0.5, 0.6) is 0 Å². The summed E-state index contributed by atoms with van der Waals surface area (Å²) < 4.78 is 5.03. The second-order valence-corrected chi connectivity index (χ2v) is 4.59. The SMILES string of the molecule is COCC(C)(C)NC(=O)CC1CNC1. The number of rotatable bonds is 5. The molecule has 0 aliphatic carbocycles. The largest absolute Gasteiger partial charge is 0.382 e. The normalized spacial score (nSPS) is 17.6. The zero-order valence-corrected chi connectivity index (χ0v) is 9.22. The Morgan fingerprint density at radius 3 is 2.64 bits per heavy atom. The van der Waals surface area contributed by atoms with Gasteiger partial charge in [0.25, 0.3) is 0 Å². The van der Waals surface area contributed by atoms with E-state index in [2.05, 4.69) is 10.6 Å². The third-order valence-electron chi connectivity index (χ3n) is 2.32. The van der Waals surface area contributed by atoms with Gasteiger partial charge in [-0.2, -0.15) is 0 Å². The van der Waals surface area contributed by atoms with Gasteiger partial charge in [-0.05, 0) is 32.9 Å². The number of carbonyl (C=O) groups excluding carboxylic acids is 1. The number of methoxy groups -OCH3 is 1. The molecule has 1 fully saturated rings.